The van der Waals surface area contributed by atoms with Crippen LogP contribution in [0.2, 0.25) is 0 Å². The zero-order valence-corrected chi connectivity index (χ0v) is 7.98. The molecule has 0 aliphatic rings. The van der Waals surface area contributed by atoms with E-state index in [0.29, 0.717) is 6.42 Å². The molecular weight excluding hydrogens is 211 g/mol. The number of alkyl halides is 3. The van der Waals surface area contributed by atoms with Crippen LogP contribution in [0.4, 0.5) is 19.0 Å². The summed E-state index contributed by atoms with van der Waals surface area (Å²) in [6.45, 7) is 1.86. The van der Waals surface area contributed by atoms with Crippen molar-refractivity contribution in [3.8, 4) is 0 Å². The maximum atomic E-state index is 11.8. The Labute approximate surface area is 83.9 Å². The van der Waals surface area contributed by atoms with Crippen LogP contribution >= 0.6 is 0 Å². The van der Waals surface area contributed by atoms with Crippen molar-refractivity contribution in [3.63, 3.8) is 0 Å². The molecule has 0 aliphatic carbocycles. The van der Waals surface area contributed by atoms with Gasteiger partial charge in [0, 0.05) is 11.8 Å². The molecule has 1 amide bonds. The second-order valence-corrected chi connectivity index (χ2v) is 2.97. The minimum Gasteiger partial charge on any atom is -0.309 e. The summed E-state index contributed by atoms with van der Waals surface area (Å²) in [7, 11) is 0. The molecule has 0 radical (unpaired) electrons. The molecule has 1 heterocycles. The largest absolute Gasteiger partial charge is 0.397 e. The third kappa shape index (κ3) is 4.01. The summed E-state index contributed by atoms with van der Waals surface area (Å²) < 4.78 is 35.4. The van der Waals surface area contributed by atoms with Crippen LogP contribution in [0, 0.1) is 0 Å². The van der Waals surface area contributed by atoms with Gasteiger partial charge in [-0.25, -0.2) is 0 Å². The molecule has 0 spiro atoms. The van der Waals surface area contributed by atoms with Crippen molar-refractivity contribution in [2.24, 2.45) is 0 Å². The molecule has 0 saturated heterocycles. The molecule has 15 heavy (non-hydrogen) atoms. The van der Waals surface area contributed by atoms with Gasteiger partial charge >= 0.3 is 6.18 Å². The van der Waals surface area contributed by atoms with E-state index in [0.717, 1.165) is 5.69 Å². The number of aromatic amines is 1. The Morgan fingerprint density at radius 1 is 1.60 bits per heavy atom. The Morgan fingerprint density at radius 2 is 2.27 bits per heavy atom. The average Bonchev–Trinajstić information content (AvgIpc) is 2.48. The number of aryl methyl sites for hydroxylation is 1. The molecule has 1 aromatic heterocycles. The highest BCUT2D eigenvalue weighted by Gasteiger charge is 2.31. The number of rotatable bonds is 3. The first-order valence-electron chi connectivity index (χ1n) is 4.31. The summed E-state index contributed by atoms with van der Waals surface area (Å²) in [5.74, 6) is -1.00. The van der Waals surface area contributed by atoms with Crippen molar-refractivity contribution in [2.45, 2.75) is 25.9 Å². The van der Waals surface area contributed by atoms with Crippen LogP contribution in [0.5, 0.6) is 0 Å². The number of hydrogen-bond donors (Lipinski definition) is 2. The lowest BCUT2D eigenvalue weighted by Crippen LogP contribution is -2.21. The van der Waals surface area contributed by atoms with Crippen LogP contribution in [0.15, 0.2) is 6.07 Å². The first kappa shape index (κ1) is 11.5. The van der Waals surface area contributed by atoms with Crippen molar-refractivity contribution in [1.82, 2.24) is 10.2 Å². The fraction of sp³-hybridized carbons (Fsp3) is 0.500. The van der Waals surface area contributed by atoms with Gasteiger partial charge in [-0.3, -0.25) is 9.89 Å². The second kappa shape index (κ2) is 4.33. The molecular formula is C8H10F3N3O. The van der Waals surface area contributed by atoms with E-state index in [9.17, 15) is 18.0 Å². The number of nitrogens with one attached hydrogen (secondary N) is 2. The van der Waals surface area contributed by atoms with Crippen LogP contribution in [-0.2, 0) is 11.2 Å². The number of carbonyl (C=O) groups excluding carboxylic acids is 1. The summed E-state index contributed by atoms with van der Waals surface area (Å²) in [5.41, 5.74) is 0.748. The molecule has 0 aromatic carbocycles. The van der Waals surface area contributed by atoms with E-state index in [4.69, 9.17) is 0 Å². The van der Waals surface area contributed by atoms with E-state index in [-0.39, 0.29) is 5.82 Å². The second-order valence-electron chi connectivity index (χ2n) is 2.97. The van der Waals surface area contributed by atoms with Gasteiger partial charge in [0.2, 0.25) is 5.91 Å². The van der Waals surface area contributed by atoms with Crippen molar-refractivity contribution in [3.05, 3.63) is 11.8 Å². The summed E-state index contributed by atoms with van der Waals surface area (Å²) in [5, 5.41) is 8.26. The molecule has 1 aromatic rings. The van der Waals surface area contributed by atoms with Crippen LogP contribution in [0.25, 0.3) is 0 Å². The molecule has 0 fully saturated rings. The molecule has 0 unspecified atom stereocenters. The van der Waals surface area contributed by atoms with Crippen LogP contribution in [0.3, 0.4) is 0 Å². The van der Waals surface area contributed by atoms with Gasteiger partial charge in [0.15, 0.2) is 5.82 Å². The monoisotopic (exact) mass is 221 g/mol. The normalized spacial score (nSPS) is 11.5. The Hall–Kier alpha value is -1.53. The number of carbonyl (C=O) groups is 1. The van der Waals surface area contributed by atoms with Gasteiger partial charge in [-0.1, -0.05) is 6.92 Å². The number of amides is 1. The topological polar surface area (TPSA) is 57.8 Å². The predicted octanol–water partition coefficient (Wildman–Crippen LogP) is 1.86. The highest BCUT2D eigenvalue weighted by atomic mass is 19.4. The van der Waals surface area contributed by atoms with Crippen molar-refractivity contribution < 1.29 is 18.0 Å². The summed E-state index contributed by atoms with van der Waals surface area (Å²) in [6.07, 6.45) is -5.32. The fourth-order valence-electron chi connectivity index (χ4n) is 0.976. The maximum absolute atomic E-state index is 11.8. The van der Waals surface area contributed by atoms with Crippen molar-refractivity contribution >= 4 is 11.7 Å². The van der Waals surface area contributed by atoms with Crippen molar-refractivity contribution in [2.75, 3.05) is 5.32 Å². The summed E-state index contributed by atoms with van der Waals surface area (Å²) in [6, 6.07) is 1.49. The first-order chi connectivity index (χ1) is 6.90. The highest BCUT2D eigenvalue weighted by Crippen LogP contribution is 2.20. The summed E-state index contributed by atoms with van der Waals surface area (Å²) in [4.78, 5) is 10.8. The zero-order valence-electron chi connectivity index (χ0n) is 7.98. The van der Waals surface area contributed by atoms with Gasteiger partial charge in [-0.15, -0.1) is 0 Å². The SMILES string of the molecule is CCc1cc(NC(=O)CC(F)(F)F)n[nH]1. The standard InChI is InChI=1S/C8H10F3N3O/c1-2-5-3-6(14-13-5)12-7(15)4-8(9,10)11/h3H,2,4H2,1H3,(H2,12,13,14,15). The van der Waals surface area contributed by atoms with Gasteiger partial charge in [0.25, 0.3) is 0 Å². The minimum absolute atomic E-state index is 0.112. The van der Waals surface area contributed by atoms with Gasteiger partial charge in [0.05, 0.1) is 0 Å². The third-order valence-electron chi connectivity index (χ3n) is 1.64. The van der Waals surface area contributed by atoms with E-state index in [1.807, 2.05) is 6.92 Å². The number of halogens is 3. The van der Waals surface area contributed by atoms with E-state index in [1.54, 1.807) is 0 Å². The highest BCUT2D eigenvalue weighted by molar-refractivity contribution is 5.90. The molecule has 4 nitrogen and oxygen atoms in total. The quantitative estimate of drug-likeness (QED) is 0.818. The fourth-order valence-corrected chi connectivity index (χ4v) is 0.976. The molecule has 0 saturated carbocycles. The van der Waals surface area contributed by atoms with E-state index >= 15 is 0 Å². The van der Waals surface area contributed by atoms with Gasteiger partial charge in [0.1, 0.15) is 6.42 Å². The summed E-state index contributed by atoms with van der Waals surface area (Å²) >= 11 is 0. The van der Waals surface area contributed by atoms with Gasteiger partial charge < -0.3 is 5.32 Å². The molecule has 0 atom stereocenters. The van der Waals surface area contributed by atoms with Gasteiger partial charge in [-0.05, 0) is 6.42 Å². The Bertz CT molecular complexity index is 345. The molecule has 84 valence electrons. The first-order valence-corrected chi connectivity index (χ1v) is 4.31. The smallest absolute Gasteiger partial charge is 0.309 e. The Kier molecular flexibility index (Phi) is 3.33. The number of hydrogen-bond acceptors (Lipinski definition) is 2. The van der Waals surface area contributed by atoms with Crippen LogP contribution < -0.4 is 5.32 Å². The molecule has 0 bridgehead atoms. The van der Waals surface area contributed by atoms with E-state index in [2.05, 4.69) is 15.5 Å². The van der Waals surface area contributed by atoms with E-state index in [1.165, 1.54) is 6.07 Å². The number of nitrogens with zero attached hydrogens (tertiary/aromatic N) is 1. The van der Waals surface area contributed by atoms with E-state index < -0.39 is 18.5 Å². The Balaban J connectivity index is 2.51. The van der Waals surface area contributed by atoms with Crippen LogP contribution in [-0.4, -0.2) is 22.3 Å². The predicted molar refractivity (Wildman–Crippen MR) is 47.3 cm³/mol. The lowest BCUT2D eigenvalue weighted by molar-refractivity contribution is -0.150. The third-order valence-corrected chi connectivity index (χ3v) is 1.64. The average molecular weight is 221 g/mol. The molecule has 1 rings (SSSR count). The van der Waals surface area contributed by atoms with Crippen LogP contribution in [0.1, 0.15) is 19.0 Å². The molecule has 0 aliphatic heterocycles. The number of anilines is 1. The Morgan fingerprint density at radius 3 is 2.73 bits per heavy atom. The van der Waals surface area contributed by atoms with Crippen molar-refractivity contribution in [1.29, 1.82) is 0 Å². The maximum Gasteiger partial charge on any atom is 0.397 e. The number of H-pyrrole nitrogens is 1. The number of aromatic nitrogens is 2. The molecule has 7 heteroatoms. The van der Waals surface area contributed by atoms with Gasteiger partial charge in [-0.2, -0.15) is 18.3 Å². The minimum atomic E-state index is -4.49. The lowest BCUT2D eigenvalue weighted by Gasteiger charge is -2.04. The molecule has 2 N–H and O–H groups in total. The zero-order chi connectivity index (χ0) is 11.5. The lowest BCUT2D eigenvalue weighted by atomic mass is 10.3.